The van der Waals surface area contributed by atoms with Crippen molar-refractivity contribution < 1.29 is 24.5 Å². The SMILES string of the molecule is CC(O)C(=O)OC(=O)C(C)O.N.N. The van der Waals surface area contributed by atoms with Gasteiger partial charge in [0.2, 0.25) is 0 Å². The van der Waals surface area contributed by atoms with E-state index in [2.05, 4.69) is 4.74 Å². The van der Waals surface area contributed by atoms with Crippen molar-refractivity contribution in [3.8, 4) is 0 Å². The molecule has 0 fully saturated rings. The zero-order valence-electron chi connectivity index (χ0n) is 7.69. The van der Waals surface area contributed by atoms with E-state index in [4.69, 9.17) is 10.2 Å². The second-order valence-corrected chi connectivity index (χ2v) is 2.09. The first-order valence-corrected chi connectivity index (χ1v) is 3.06. The monoisotopic (exact) mass is 196 g/mol. The van der Waals surface area contributed by atoms with Crippen LogP contribution in [0.5, 0.6) is 0 Å². The van der Waals surface area contributed by atoms with Crippen LogP contribution in [0, 0.1) is 0 Å². The molecule has 0 aromatic heterocycles. The second-order valence-electron chi connectivity index (χ2n) is 2.09. The van der Waals surface area contributed by atoms with Gasteiger partial charge in [0.25, 0.3) is 0 Å². The molecule has 0 amide bonds. The highest BCUT2D eigenvalue weighted by Crippen LogP contribution is 1.91. The van der Waals surface area contributed by atoms with Gasteiger partial charge in [-0.15, -0.1) is 0 Å². The molecule has 0 aliphatic heterocycles. The molecule has 0 aliphatic rings. The summed E-state index contributed by atoms with van der Waals surface area (Å²) in [5.74, 6) is -2.12. The molecule has 0 saturated carbocycles. The maximum Gasteiger partial charge on any atom is 0.342 e. The molecule has 0 spiro atoms. The summed E-state index contributed by atoms with van der Waals surface area (Å²) in [7, 11) is 0. The van der Waals surface area contributed by atoms with E-state index in [9.17, 15) is 9.59 Å². The van der Waals surface area contributed by atoms with Gasteiger partial charge in [-0.1, -0.05) is 0 Å². The Morgan fingerprint density at radius 2 is 1.23 bits per heavy atom. The van der Waals surface area contributed by atoms with Gasteiger partial charge in [-0.25, -0.2) is 9.59 Å². The van der Waals surface area contributed by atoms with Gasteiger partial charge < -0.3 is 27.3 Å². The smallest absolute Gasteiger partial charge is 0.342 e. The third kappa shape index (κ3) is 7.34. The predicted molar refractivity (Wildman–Crippen MR) is 44.5 cm³/mol. The molecule has 80 valence electrons. The Bertz CT molecular complexity index is 150. The minimum absolute atomic E-state index is 0. The van der Waals surface area contributed by atoms with E-state index in [0.717, 1.165) is 13.8 Å². The molecule has 0 aromatic rings. The number of carbonyl (C=O) groups excluding carboxylic acids is 2. The van der Waals surface area contributed by atoms with Gasteiger partial charge in [-0.05, 0) is 13.8 Å². The summed E-state index contributed by atoms with van der Waals surface area (Å²) in [6.07, 6.45) is -2.70. The Balaban J connectivity index is -0.000000500. The first kappa shape index (κ1) is 17.9. The van der Waals surface area contributed by atoms with Gasteiger partial charge in [0.05, 0.1) is 0 Å². The first-order chi connectivity index (χ1) is 4.95. The van der Waals surface area contributed by atoms with Crippen LogP contribution in [0.3, 0.4) is 0 Å². The van der Waals surface area contributed by atoms with Crippen LogP contribution in [0.4, 0.5) is 0 Å². The number of ether oxygens (including phenoxy) is 1. The molecule has 8 N–H and O–H groups in total. The summed E-state index contributed by atoms with van der Waals surface area (Å²) in [5.41, 5.74) is 0. The number of aliphatic hydroxyl groups excluding tert-OH is 2. The summed E-state index contributed by atoms with van der Waals surface area (Å²) in [5, 5.41) is 17.1. The van der Waals surface area contributed by atoms with Crippen LogP contribution >= 0.6 is 0 Å². The van der Waals surface area contributed by atoms with E-state index in [0.29, 0.717) is 0 Å². The summed E-state index contributed by atoms with van der Waals surface area (Å²) < 4.78 is 4.00. The zero-order chi connectivity index (χ0) is 9.02. The molecule has 2 atom stereocenters. The summed E-state index contributed by atoms with van der Waals surface area (Å²) >= 11 is 0. The van der Waals surface area contributed by atoms with Gasteiger partial charge in [0, 0.05) is 0 Å². The molecular formula is C6H16N2O5. The third-order valence-electron chi connectivity index (χ3n) is 0.883. The fraction of sp³-hybridized carbons (Fsp3) is 0.667. The summed E-state index contributed by atoms with van der Waals surface area (Å²) in [6, 6.07) is 0. The first-order valence-electron chi connectivity index (χ1n) is 3.06. The van der Waals surface area contributed by atoms with Gasteiger partial charge in [-0.2, -0.15) is 0 Å². The number of hydrogen-bond donors (Lipinski definition) is 4. The Labute approximate surface area is 75.9 Å². The Morgan fingerprint density at radius 3 is 1.38 bits per heavy atom. The molecule has 0 radical (unpaired) electrons. The Morgan fingerprint density at radius 1 is 1.00 bits per heavy atom. The summed E-state index contributed by atoms with van der Waals surface area (Å²) in [6.45, 7) is 2.33. The quantitative estimate of drug-likeness (QED) is 0.331. The minimum Gasteiger partial charge on any atom is -0.389 e. The second kappa shape index (κ2) is 7.62. The van der Waals surface area contributed by atoms with Crippen LogP contribution in [-0.2, 0) is 14.3 Å². The normalized spacial score (nSPS) is 12.9. The lowest BCUT2D eigenvalue weighted by Crippen LogP contribution is -2.28. The van der Waals surface area contributed by atoms with E-state index >= 15 is 0 Å². The van der Waals surface area contributed by atoms with Crippen LogP contribution < -0.4 is 12.3 Å². The standard InChI is InChI=1S/C6H10O5.2H3N/c1-3(7)5(9)11-6(10)4(2)8;;/h3-4,7-8H,1-2H3;2*1H3. The topological polar surface area (TPSA) is 154 Å². The van der Waals surface area contributed by atoms with E-state index < -0.39 is 24.1 Å². The van der Waals surface area contributed by atoms with E-state index in [1.807, 2.05) is 0 Å². The minimum atomic E-state index is -1.35. The average Bonchev–Trinajstić information content (AvgIpc) is 1.87. The Hall–Kier alpha value is -1.02. The van der Waals surface area contributed by atoms with Crippen LogP contribution in [0.2, 0.25) is 0 Å². The van der Waals surface area contributed by atoms with Crippen molar-refractivity contribution in [2.45, 2.75) is 26.1 Å². The lowest BCUT2D eigenvalue weighted by atomic mass is 10.4. The molecule has 0 aliphatic carbocycles. The van der Waals surface area contributed by atoms with Crippen LogP contribution in [-0.4, -0.2) is 34.4 Å². The molecule has 0 saturated heterocycles. The molecule has 0 heterocycles. The lowest BCUT2D eigenvalue weighted by molar-refractivity contribution is -0.170. The molecule has 2 unspecified atom stereocenters. The highest BCUT2D eigenvalue weighted by molar-refractivity contribution is 5.89. The molecular weight excluding hydrogens is 180 g/mol. The highest BCUT2D eigenvalue weighted by Gasteiger charge is 2.18. The summed E-state index contributed by atoms with van der Waals surface area (Å²) in [4.78, 5) is 20.9. The molecule has 7 heteroatoms. The van der Waals surface area contributed by atoms with E-state index in [-0.39, 0.29) is 12.3 Å². The predicted octanol–water partition coefficient (Wildman–Crippen LogP) is -0.858. The number of esters is 2. The van der Waals surface area contributed by atoms with Crippen molar-refractivity contribution in [2.75, 3.05) is 0 Å². The molecule has 13 heavy (non-hydrogen) atoms. The largest absolute Gasteiger partial charge is 0.389 e. The fourth-order valence-electron chi connectivity index (χ4n) is 0.270. The van der Waals surface area contributed by atoms with Crippen molar-refractivity contribution >= 4 is 11.9 Å². The van der Waals surface area contributed by atoms with Crippen molar-refractivity contribution in [2.24, 2.45) is 0 Å². The van der Waals surface area contributed by atoms with Crippen molar-refractivity contribution in [3.63, 3.8) is 0 Å². The number of rotatable bonds is 2. The number of carbonyl (C=O) groups is 2. The maximum atomic E-state index is 10.5. The lowest BCUT2D eigenvalue weighted by Gasteiger charge is -2.05. The van der Waals surface area contributed by atoms with Gasteiger partial charge in [0.1, 0.15) is 12.2 Å². The van der Waals surface area contributed by atoms with Crippen LogP contribution in [0.25, 0.3) is 0 Å². The van der Waals surface area contributed by atoms with Crippen molar-refractivity contribution in [1.29, 1.82) is 0 Å². The number of hydrogen-bond acceptors (Lipinski definition) is 7. The van der Waals surface area contributed by atoms with Crippen LogP contribution in [0.1, 0.15) is 13.8 Å². The maximum absolute atomic E-state index is 10.5. The average molecular weight is 196 g/mol. The van der Waals surface area contributed by atoms with E-state index in [1.165, 1.54) is 0 Å². The van der Waals surface area contributed by atoms with Crippen molar-refractivity contribution in [3.05, 3.63) is 0 Å². The van der Waals surface area contributed by atoms with Gasteiger partial charge in [0.15, 0.2) is 0 Å². The fourth-order valence-corrected chi connectivity index (χ4v) is 0.270. The molecule has 0 rings (SSSR count). The number of aliphatic hydroxyl groups is 2. The van der Waals surface area contributed by atoms with Gasteiger partial charge in [-0.3, -0.25) is 0 Å². The van der Waals surface area contributed by atoms with E-state index in [1.54, 1.807) is 0 Å². The van der Waals surface area contributed by atoms with Crippen LogP contribution in [0.15, 0.2) is 0 Å². The molecule has 0 aromatic carbocycles. The molecule has 7 nitrogen and oxygen atoms in total. The zero-order valence-corrected chi connectivity index (χ0v) is 7.69. The van der Waals surface area contributed by atoms with Crippen molar-refractivity contribution in [1.82, 2.24) is 12.3 Å². The third-order valence-corrected chi connectivity index (χ3v) is 0.883. The van der Waals surface area contributed by atoms with Gasteiger partial charge >= 0.3 is 11.9 Å². The Kier molecular flexibility index (Phi) is 10.5. The highest BCUT2D eigenvalue weighted by atomic mass is 16.6. The molecule has 0 bridgehead atoms.